The zero-order valence-corrected chi connectivity index (χ0v) is 10.4. The molecule has 0 saturated carbocycles. The van der Waals surface area contributed by atoms with Crippen LogP contribution in [0.3, 0.4) is 0 Å². The van der Waals surface area contributed by atoms with Crippen molar-refractivity contribution < 1.29 is 19.1 Å². The lowest BCUT2D eigenvalue weighted by atomic mass is 10.2. The van der Waals surface area contributed by atoms with Gasteiger partial charge < -0.3 is 14.2 Å². The number of hydrogen-bond acceptors (Lipinski definition) is 5. The molecule has 0 unspecified atom stereocenters. The Kier molecular flexibility index (Phi) is 5.04. The minimum atomic E-state index is -0.691. The first-order chi connectivity index (χ1) is 7.94. The summed E-state index contributed by atoms with van der Waals surface area (Å²) in [4.78, 5) is 10.2. The second kappa shape index (κ2) is 6.09. The van der Waals surface area contributed by atoms with Crippen molar-refractivity contribution in [3.63, 3.8) is 0 Å². The summed E-state index contributed by atoms with van der Waals surface area (Å²) in [5.74, 6) is -0.691. The average molecular weight is 245 g/mol. The SMILES string of the molecule is C/C=C/CO[C@@H](C[N+](=O)[O-])[C@@H]1COC(C)(C)O1. The first-order valence-corrected chi connectivity index (χ1v) is 5.61. The molecule has 0 aromatic rings. The number of ether oxygens (including phenoxy) is 3. The molecule has 0 spiro atoms. The van der Waals surface area contributed by atoms with E-state index in [4.69, 9.17) is 14.2 Å². The molecule has 1 heterocycles. The van der Waals surface area contributed by atoms with Crippen molar-refractivity contribution >= 4 is 0 Å². The van der Waals surface area contributed by atoms with Gasteiger partial charge in [-0.2, -0.15) is 0 Å². The van der Waals surface area contributed by atoms with Crippen LogP contribution >= 0.6 is 0 Å². The fourth-order valence-corrected chi connectivity index (χ4v) is 1.60. The molecule has 98 valence electrons. The van der Waals surface area contributed by atoms with Gasteiger partial charge in [0.2, 0.25) is 6.54 Å². The van der Waals surface area contributed by atoms with E-state index < -0.39 is 16.8 Å². The van der Waals surface area contributed by atoms with Crippen LogP contribution in [0.1, 0.15) is 20.8 Å². The maximum Gasteiger partial charge on any atom is 0.232 e. The van der Waals surface area contributed by atoms with Gasteiger partial charge in [-0.15, -0.1) is 0 Å². The third-order valence-electron chi connectivity index (χ3n) is 2.42. The Balaban J connectivity index is 2.53. The van der Waals surface area contributed by atoms with E-state index in [-0.39, 0.29) is 12.6 Å². The molecule has 6 nitrogen and oxygen atoms in total. The molecule has 0 radical (unpaired) electrons. The van der Waals surface area contributed by atoms with E-state index in [1.54, 1.807) is 19.9 Å². The third kappa shape index (κ3) is 4.80. The largest absolute Gasteiger partial charge is 0.364 e. The summed E-state index contributed by atoms with van der Waals surface area (Å²) in [5.41, 5.74) is 0. The van der Waals surface area contributed by atoms with Crippen LogP contribution in [0.5, 0.6) is 0 Å². The monoisotopic (exact) mass is 245 g/mol. The van der Waals surface area contributed by atoms with Crippen LogP contribution in [-0.4, -0.2) is 42.7 Å². The highest BCUT2D eigenvalue weighted by Gasteiger charge is 2.39. The van der Waals surface area contributed by atoms with Gasteiger partial charge in [-0.3, -0.25) is 10.1 Å². The van der Waals surface area contributed by atoms with Crippen molar-refractivity contribution in [2.24, 2.45) is 0 Å². The van der Waals surface area contributed by atoms with Gasteiger partial charge in [-0.25, -0.2) is 0 Å². The van der Waals surface area contributed by atoms with E-state index in [0.29, 0.717) is 13.2 Å². The van der Waals surface area contributed by atoms with Gasteiger partial charge in [0, 0.05) is 4.92 Å². The molecular formula is C11H19NO5. The van der Waals surface area contributed by atoms with Gasteiger partial charge in [0.25, 0.3) is 0 Å². The maximum atomic E-state index is 10.6. The minimum Gasteiger partial charge on any atom is -0.364 e. The number of rotatable bonds is 6. The van der Waals surface area contributed by atoms with Crippen molar-refractivity contribution in [3.8, 4) is 0 Å². The van der Waals surface area contributed by atoms with Gasteiger partial charge in [-0.1, -0.05) is 12.2 Å². The molecule has 6 heteroatoms. The molecule has 1 saturated heterocycles. The third-order valence-corrected chi connectivity index (χ3v) is 2.42. The van der Waals surface area contributed by atoms with Crippen LogP contribution in [0.25, 0.3) is 0 Å². The van der Waals surface area contributed by atoms with E-state index in [1.165, 1.54) is 0 Å². The fraction of sp³-hybridized carbons (Fsp3) is 0.818. The Hall–Kier alpha value is -0.980. The molecule has 2 atom stereocenters. The molecule has 0 bridgehead atoms. The highest BCUT2D eigenvalue weighted by molar-refractivity contribution is 4.81. The molecule has 17 heavy (non-hydrogen) atoms. The summed E-state index contributed by atoms with van der Waals surface area (Å²) in [6, 6.07) is 0. The van der Waals surface area contributed by atoms with Crippen LogP contribution in [0, 0.1) is 10.1 Å². The van der Waals surface area contributed by atoms with Gasteiger partial charge in [0.05, 0.1) is 13.2 Å². The van der Waals surface area contributed by atoms with Gasteiger partial charge in [-0.05, 0) is 20.8 Å². The second-order valence-corrected chi connectivity index (χ2v) is 4.32. The number of nitrogens with zero attached hydrogens (tertiary/aromatic N) is 1. The Morgan fingerprint density at radius 1 is 1.65 bits per heavy atom. The molecule has 1 aliphatic rings. The molecule has 0 amide bonds. The van der Waals surface area contributed by atoms with Crippen molar-refractivity contribution in [3.05, 3.63) is 22.3 Å². The molecule has 0 N–H and O–H groups in total. The van der Waals surface area contributed by atoms with Crippen LogP contribution in [0.2, 0.25) is 0 Å². The van der Waals surface area contributed by atoms with Crippen molar-refractivity contribution in [1.82, 2.24) is 0 Å². The van der Waals surface area contributed by atoms with Crippen molar-refractivity contribution in [2.45, 2.75) is 38.8 Å². The fourth-order valence-electron chi connectivity index (χ4n) is 1.60. The Labute approximate surface area is 101 Å². The standard InChI is InChI=1S/C11H19NO5/c1-4-5-6-15-9(7-12(13)14)10-8-16-11(2,3)17-10/h4-5,9-10H,6-8H2,1-3H3/b5-4+/t9-,10-/m0/s1. The summed E-state index contributed by atoms with van der Waals surface area (Å²) in [6.45, 7) is 5.81. The van der Waals surface area contributed by atoms with Crippen LogP contribution in [0.4, 0.5) is 0 Å². The Bertz CT molecular complexity index is 290. The van der Waals surface area contributed by atoms with Crippen LogP contribution in [0.15, 0.2) is 12.2 Å². The van der Waals surface area contributed by atoms with Gasteiger partial charge in [0.1, 0.15) is 6.10 Å². The first-order valence-electron chi connectivity index (χ1n) is 5.61. The number of allylic oxidation sites excluding steroid dienone is 1. The molecule has 0 aliphatic carbocycles. The molecule has 0 aromatic carbocycles. The van der Waals surface area contributed by atoms with Gasteiger partial charge >= 0.3 is 0 Å². The number of hydrogen-bond donors (Lipinski definition) is 0. The average Bonchev–Trinajstić information content (AvgIpc) is 2.57. The first kappa shape index (κ1) is 14.1. The number of nitro groups is 1. The summed E-state index contributed by atoms with van der Waals surface area (Å²) < 4.78 is 16.4. The molecular weight excluding hydrogens is 226 g/mol. The van der Waals surface area contributed by atoms with Crippen LogP contribution in [-0.2, 0) is 14.2 Å². The zero-order chi connectivity index (χ0) is 12.9. The lowest BCUT2D eigenvalue weighted by molar-refractivity contribution is -0.494. The summed E-state index contributed by atoms with van der Waals surface area (Å²) >= 11 is 0. The molecule has 1 rings (SSSR count). The smallest absolute Gasteiger partial charge is 0.232 e. The van der Waals surface area contributed by atoms with E-state index in [0.717, 1.165) is 0 Å². The quantitative estimate of drug-likeness (QED) is 0.401. The van der Waals surface area contributed by atoms with Gasteiger partial charge in [0.15, 0.2) is 11.9 Å². The van der Waals surface area contributed by atoms with E-state index in [9.17, 15) is 10.1 Å². The maximum absolute atomic E-state index is 10.6. The highest BCUT2D eigenvalue weighted by atomic mass is 16.7. The molecule has 1 fully saturated rings. The van der Waals surface area contributed by atoms with E-state index >= 15 is 0 Å². The second-order valence-electron chi connectivity index (χ2n) is 4.32. The summed E-state index contributed by atoms with van der Waals surface area (Å²) in [6.07, 6.45) is 2.66. The predicted molar refractivity (Wildman–Crippen MR) is 61.3 cm³/mol. The van der Waals surface area contributed by atoms with E-state index in [1.807, 2.05) is 13.0 Å². The lowest BCUT2D eigenvalue weighted by Gasteiger charge is -2.21. The van der Waals surface area contributed by atoms with Crippen molar-refractivity contribution in [2.75, 3.05) is 19.8 Å². The summed E-state index contributed by atoms with van der Waals surface area (Å²) in [7, 11) is 0. The Morgan fingerprint density at radius 3 is 2.82 bits per heavy atom. The zero-order valence-electron chi connectivity index (χ0n) is 10.4. The minimum absolute atomic E-state index is 0.276. The predicted octanol–water partition coefficient (Wildman–Crippen LogP) is 1.38. The van der Waals surface area contributed by atoms with E-state index in [2.05, 4.69) is 0 Å². The normalized spacial score (nSPS) is 25.2. The topological polar surface area (TPSA) is 70.8 Å². The molecule has 0 aromatic heterocycles. The lowest BCUT2D eigenvalue weighted by Crippen LogP contribution is -2.38. The Morgan fingerprint density at radius 2 is 2.35 bits per heavy atom. The highest BCUT2D eigenvalue weighted by Crippen LogP contribution is 2.25. The summed E-state index contributed by atoms with van der Waals surface area (Å²) in [5, 5.41) is 10.6. The molecule has 1 aliphatic heterocycles. The van der Waals surface area contributed by atoms with Crippen molar-refractivity contribution in [1.29, 1.82) is 0 Å². The van der Waals surface area contributed by atoms with Crippen LogP contribution < -0.4 is 0 Å².